The molecule has 0 atom stereocenters. The zero-order chi connectivity index (χ0) is 15.5. The zero-order valence-electron chi connectivity index (χ0n) is 14.2. The van der Waals surface area contributed by atoms with Crippen LogP contribution in [0, 0.1) is 11.8 Å². The number of hydrogen-bond donors (Lipinski definition) is 1. The van der Waals surface area contributed by atoms with Crippen LogP contribution in [-0.2, 0) is 6.54 Å². The molecule has 1 aromatic heterocycles. The first-order valence-corrected chi connectivity index (χ1v) is 8.18. The molecular formula is C17H30N4. The number of anilines is 1. The number of nitrogens with zero attached hydrogens (tertiary/aromatic N) is 3. The summed E-state index contributed by atoms with van der Waals surface area (Å²) in [4.78, 5) is 2.37. The van der Waals surface area contributed by atoms with Crippen molar-refractivity contribution in [1.29, 1.82) is 0 Å². The molecule has 0 aromatic carbocycles. The third-order valence-electron chi connectivity index (χ3n) is 4.31. The van der Waals surface area contributed by atoms with Gasteiger partial charge in [-0.05, 0) is 57.6 Å². The number of piperidine rings is 1. The van der Waals surface area contributed by atoms with Crippen molar-refractivity contribution >= 4 is 5.82 Å². The SMILES string of the molecule is CC(C)C1CCN(c2ccc(CNC(C)(C)C)nn2)CC1. The molecule has 0 radical (unpaired) electrons. The second kappa shape index (κ2) is 6.73. The van der Waals surface area contributed by atoms with E-state index in [1.807, 2.05) is 0 Å². The molecule has 4 nitrogen and oxygen atoms in total. The first kappa shape index (κ1) is 16.2. The molecule has 2 rings (SSSR count). The highest BCUT2D eigenvalue weighted by atomic mass is 15.3. The summed E-state index contributed by atoms with van der Waals surface area (Å²) in [6.07, 6.45) is 2.54. The normalized spacial score (nSPS) is 17.5. The van der Waals surface area contributed by atoms with Gasteiger partial charge < -0.3 is 10.2 Å². The molecule has 1 fully saturated rings. The highest BCUT2D eigenvalue weighted by molar-refractivity contribution is 5.37. The van der Waals surface area contributed by atoms with Crippen molar-refractivity contribution in [2.75, 3.05) is 18.0 Å². The molecule has 0 unspecified atom stereocenters. The van der Waals surface area contributed by atoms with Crippen molar-refractivity contribution < 1.29 is 0 Å². The van der Waals surface area contributed by atoms with Crippen LogP contribution in [0.4, 0.5) is 5.82 Å². The smallest absolute Gasteiger partial charge is 0.151 e. The monoisotopic (exact) mass is 290 g/mol. The van der Waals surface area contributed by atoms with Crippen molar-refractivity contribution in [3.8, 4) is 0 Å². The zero-order valence-corrected chi connectivity index (χ0v) is 14.2. The summed E-state index contributed by atoms with van der Waals surface area (Å²) in [5.41, 5.74) is 1.12. The molecule has 21 heavy (non-hydrogen) atoms. The second-order valence-electron chi connectivity index (χ2n) is 7.55. The van der Waals surface area contributed by atoms with E-state index in [1.54, 1.807) is 0 Å². The van der Waals surface area contributed by atoms with Crippen LogP contribution in [0.25, 0.3) is 0 Å². The molecule has 1 aliphatic heterocycles. The molecule has 0 amide bonds. The van der Waals surface area contributed by atoms with Gasteiger partial charge in [0.15, 0.2) is 5.82 Å². The van der Waals surface area contributed by atoms with Crippen LogP contribution in [-0.4, -0.2) is 28.8 Å². The van der Waals surface area contributed by atoms with Gasteiger partial charge in [-0.25, -0.2) is 0 Å². The molecular weight excluding hydrogens is 260 g/mol. The lowest BCUT2D eigenvalue weighted by molar-refractivity contribution is 0.310. The van der Waals surface area contributed by atoms with Gasteiger partial charge in [-0.3, -0.25) is 0 Å². The van der Waals surface area contributed by atoms with Crippen LogP contribution in [0.5, 0.6) is 0 Å². The van der Waals surface area contributed by atoms with E-state index in [0.717, 1.165) is 43.0 Å². The maximum atomic E-state index is 4.41. The van der Waals surface area contributed by atoms with Crippen molar-refractivity contribution in [1.82, 2.24) is 15.5 Å². The lowest BCUT2D eigenvalue weighted by Crippen LogP contribution is -2.36. The topological polar surface area (TPSA) is 41.0 Å². The molecule has 4 heteroatoms. The lowest BCUT2D eigenvalue weighted by Gasteiger charge is -2.34. The van der Waals surface area contributed by atoms with E-state index in [4.69, 9.17) is 0 Å². The number of hydrogen-bond acceptors (Lipinski definition) is 4. The van der Waals surface area contributed by atoms with E-state index in [1.165, 1.54) is 12.8 Å². The summed E-state index contributed by atoms with van der Waals surface area (Å²) in [7, 11) is 0. The average molecular weight is 290 g/mol. The van der Waals surface area contributed by atoms with Crippen molar-refractivity contribution in [2.24, 2.45) is 11.8 Å². The van der Waals surface area contributed by atoms with E-state index >= 15 is 0 Å². The number of nitrogens with one attached hydrogen (secondary N) is 1. The summed E-state index contributed by atoms with van der Waals surface area (Å²) >= 11 is 0. The summed E-state index contributed by atoms with van der Waals surface area (Å²) in [5.74, 6) is 2.69. The fourth-order valence-corrected chi connectivity index (χ4v) is 2.77. The Morgan fingerprint density at radius 1 is 1.19 bits per heavy atom. The van der Waals surface area contributed by atoms with Gasteiger partial charge in [0, 0.05) is 25.2 Å². The fraction of sp³-hybridized carbons (Fsp3) is 0.765. The van der Waals surface area contributed by atoms with E-state index in [9.17, 15) is 0 Å². The van der Waals surface area contributed by atoms with Gasteiger partial charge in [-0.2, -0.15) is 5.10 Å². The molecule has 0 aliphatic carbocycles. The minimum Gasteiger partial charge on any atom is -0.355 e. The molecule has 0 spiro atoms. The Morgan fingerprint density at radius 2 is 1.86 bits per heavy atom. The minimum absolute atomic E-state index is 0.110. The van der Waals surface area contributed by atoms with Gasteiger partial charge in [-0.1, -0.05) is 13.8 Å². The van der Waals surface area contributed by atoms with Gasteiger partial charge in [-0.15, -0.1) is 5.10 Å². The Balaban J connectivity index is 1.88. The van der Waals surface area contributed by atoms with Crippen LogP contribution in [0.2, 0.25) is 0 Å². The first-order chi connectivity index (χ1) is 9.85. The summed E-state index contributed by atoms with van der Waals surface area (Å²) in [5, 5.41) is 12.2. The van der Waals surface area contributed by atoms with Gasteiger partial charge in [0.05, 0.1) is 5.69 Å². The molecule has 1 saturated heterocycles. The van der Waals surface area contributed by atoms with Gasteiger partial charge in [0.25, 0.3) is 0 Å². The first-order valence-electron chi connectivity index (χ1n) is 8.18. The molecule has 1 aliphatic rings. The van der Waals surface area contributed by atoms with Gasteiger partial charge in [0.2, 0.25) is 0 Å². The predicted molar refractivity (Wildman–Crippen MR) is 88.4 cm³/mol. The van der Waals surface area contributed by atoms with Crippen LogP contribution in [0.15, 0.2) is 12.1 Å². The third-order valence-corrected chi connectivity index (χ3v) is 4.31. The Bertz CT molecular complexity index is 425. The quantitative estimate of drug-likeness (QED) is 0.924. The largest absolute Gasteiger partial charge is 0.355 e. The maximum absolute atomic E-state index is 4.41. The summed E-state index contributed by atoms with van der Waals surface area (Å²) in [6.45, 7) is 14.1. The van der Waals surface area contributed by atoms with Crippen molar-refractivity contribution in [3.63, 3.8) is 0 Å². The summed E-state index contributed by atoms with van der Waals surface area (Å²) in [6, 6.07) is 4.21. The Labute approximate surface area is 129 Å². The Kier molecular flexibility index (Phi) is 5.20. The Morgan fingerprint density at radius 3 is 2.33 bits per heavy atom. The third kappa shape index (κ3) is 4.95. The number of aromatic nitrogens is 2. The molecule has 2 heterocycles. The van der Waals surface area contributed by atoms with E-state index < -0.39 is 0 Å². The van der Waals surface area contributed by atoms with Crippen LogP contribution >= 0.6 is 0 Å². The minimum atomic E-state index is 0.110. The highest BCUT2D eigenvalue weighted by Gasteiger charge is 2.22. The molecule has 0 bridgehead atoms. The van der Waals surface area contributed by atoms with Crippen LogP contribution in [0.1, 0.15) is 53.2 Å². The van der Waals surface area contributed by atoms with E-state index in [-0.39, 0.29) is 5.54 Å². The van der Waals surface area contributed by atoms with Gasteiger partial charge in [0.1, 0.15) is 0 Å². The fourth-order valence-electron chi connectivity index (χ4n) is 2.77. The standard InChI is InChI=1S/C17H30N4/c1-13(2)14-8-10-21(11-9-14)16-7-6-15(19-20-16)12-18-17(3,4)5/h6-7,13-14,18H,8-12H2,1-5H3. The summed E-state index contributed by atoms with van der Waals surface area (Å²) < 4.78 is 0. The van der Waals surface area contributed by atoms with E-state index in [0.29, 0.717) is 0 Å². The lowest BCUT2D eigenvalue weighted by atomic mass is 9.87. The van der Waals surface area contributed by atoms with Crippen LogP contribution in [0.3, 0.4) is 0 Å². The second-order valence-corrected chi connectivity index (χ2v) is 7.55. The highest BCUT2D eigenvalue weighted by Crippen LogP contribution is 2.26. The van der Waals surface area contributed by atoms with Crippen LogP contribution < -0.4 is 10.2 Å². The van der Waals surface area contributed by atoms with Gasteiger partial charge >= 0.3 is 0 Å². The molecule has 1 aromatic rings. The maximum Gasteiger partial charge on any atom is 0.151 e. The predicted octanol–water partition coefficient (Wildman–Crippen LogP) is 3.24. The molecule has 0 saturated carbocycles. The molecule has 118 valence electrons. The average Bonchev–Trinajstić information content (AvgIpc) is 2.45. The van der Waals surface area contributed by atoms with Crippen molar-refractivity contribution in [3.05, 3.63) is 17.8 Å². The molecule has 1 N–H and O–H groups in total. The van der Waals surface area contributed by atoms with E-state index in [2.05, 4.69) is 67.2 Å². The Hall–Kier alpha value is -1.16. The van der Waals surface area contributed by atoms with Crippen molar-refractivity contribution in [2.45, 2.75) is 59.5 Å². The number of rotatable bonds is 4.